The molecule has 1 aromatic heterocycles. The fourth-order valence-electron chi connectivity index (χ4n) is 8.45. The van der Waals surface area contributed by atoms with E-state index in [2.05, 4.69) is 205 Å². The van der Waals surface area contributed by atoms with Crippen LogP contribution in [0.3, 0.4) is 0 Å². The normalized spacial score (nSPS) is 11.6. The van der Waals surface area contributed by atoms with E-state index in [0.29, 0.717) is 0 Å². The van der Waals surface area contributed by atoms with Crippen LogP contribution in [0.1, 0.15) is 0 Å². The maximum atomic E-state index is 6.40. The van der Waals surface area contributed by atoms with Crippen LogP contribution in [0.4, 0.5) is 17.1 Å². The van der Waals surface area contributed by atoms with Gasteiger partial charge in [0.1, 0.15) is 11.2 Å². The second-order valence-electron chi connectivity index (χ2n) is 14.5. The predicted molar refractivity (Wildman–Crippen MR) is 237 cm³/mol. The monoisotopic (exact) mass is 713 g/mol. The van der Waals surface area contributed by atoms with E-state index in [1.165, 1.54) is 54.6 Å². The molecule has 0 N–H and O–H groups in total. The molecule has 262 valence electrons. The van der Waals surface area contributed by atoms with Crippen molar-refractivity contribution in [3.8, 4) is 33.4 Å². The minimum atomic E-state index is 0.908. The summed E-state index contributed by atoms with van der Waals surface area (Å²) >= 11 is 0. The van der Waals surface area contributed by atoms with Gasteiger partial charge in [-0.05, 0) is 109 Å². The van der Waals surface area contributed by atoms with Crippen LogP contribution >= 0.6 is 0 Å². The first-order valence-electron chi connectivity index (χ1n) is 19.2. The summed E-state index contributed by atoms with van der Waals surface area (Å²) in [5.41, 5.74) is 12.1. The Balaban J connectivity index is 0.984. The third kappa shape index (κ3) is 5.42. The molecule has 0 aliphatic heterocycles. The van der Waals surface area contributed by atoms with E-state index in [9.17, 15) is 0 Å². The van der Waals surface area contributed by atoms with E-state index >= 15 is 0 Å². The van der Waals surface area contributed by atoms with Gasteiger partial charge in [0, 0.05) is 33.4 Å². The van der Waals surface area contributed by atoms with Gasteiger partial charge < -0.3 is 9.32 Å². The lowest BCUT2D eigenvalue weighted by atomic mass is 9.94. The van der Waals surface area contributed by atoms with Gasteiger partial charge in [-0.1, -0.05) is 164 Å². The largest absolute Gasteiger partial charge is 0.455 e. The van der Waals surface area contributed by atoms with Crippen LogP contribution in [0.25, 0.3) is 87.6 Å². The molecule has 56 heavy (non-hydrogen) atoms. The number of rotatable bonds is 6. The molecule has 0 radical (unpaired) electrons. The summed E-state index contributed by atoms with van der Waals surface area (Å²) in [6, 6.07) is 76.4. The highest BCUT2D eigenvalue weighted by Crippen LogP contribution is 2.41. The molecule has 0 aliphatic rings. The summed E-state index contributed by atoms with van der Waals surface area (Å²) in [6.45, 7) is 0. The lowest BCUT2D eigenvalue weighted by Crippen LogP contribution is -2.09. The van der Waals surface area contributed by atoms with Gasteiger partial charge in [-0.3, -0.25) is 0 Å². The van der Waals surface area contributed by atoms with Gasteiger partial charge >= 0.3 is 0 Å². The minimum absolute atomic E-state index is 0.908. The van der Waals surface area contributed by atoms with Gasteiger partial charge in [0.2, 0.25) is 0 Å². The first-order valence-corrected chi connectivity index (χ1v) is 19.2. The third-order valence-electron chi connectivity index (χ3n) is 11.3. The second-order valence-corrected chi connectivity index (χ2v) is 14.5. The van der Waals surface area contributed by atoms with E-state index in [1.54, 1.807) is 0 Å². The van der Waals surface area contributed by atoms with Crippen molar-refractivity contribution in [2.24, 2.45) is 0 Å². The van der Waals surface area contributed by atoms with Gasteiger partial charge in [0.05, 0.1) is 0 Å². The van der Waals surface area contributed by atoms with Crippen LogP contribution in [-0.4, -0.2) is 0 Å². The number of fused-ring (bicyclic) bond motifs is 8. The summed E-state index contributed by atoms with van der Waals surface area (Å²) in [4.78, 5) is 2.34. The number of benzene rings is 10. The van der Waals surface area contributed by atoms with Crippen LogP contribution in [0, 0.1) is 0 Å². The molecule has 2 nitrogen and oxygen atoms in total. The zero-order chi connectivity index (χ0) is 37.0. The first kappa shape index (κ1) is 32.0. The topological polar surface area (TPSA) is 16.4 Å². The summed E-state index contributed by atoms with van der Waals surface area (Å²) in [5, 5.41) is 9.92. The highest BCUT2D eigenvalue weighted by molar-refractivity contribution is 6.17. The molecule has 0 atom stereocenters. The van der Waals surface area contributed by atoms with Gasteiger partial charge in [-0.25, -0.2) is 0 Å². The highest BCUT2D eigenvalue weighted by atomic mass is 16.3. The number of furan rings is 1. The quantitative estimate of drug-likeness (QED) is 0.160. The van der Waals surface area contributed by atoms with E-state index < -0.39 is 0 Å². The maximum absolute atomic E-state index is 6.40. The van der Waals surface area contributed by atoms with Gasteiger partial charge in [-0.2, -0.15) is 0 Å². The van der Waals surface area contributed by atoms with Crippen LogP contribution in [0.15, 0.2) is 217 Å². The van der Waals surface area contributed by atoms with E-state index in [4.69, 9.17) is 4.42 Å². The molecule has 0 bridgehead atoms. The van der Waals surface area contributed by atoms with Crippen molar-refractivity contribution in [2.45, 2.75) is 0 Å². The molecular weight excluding hydrogens is 679 g/mol. The Morgan fingerprint density at radius 2 is 0.786 bits per heavy atom. The molecule has 11 rings (SSSR count). The number of anilines is 3. The summed E-state index contributed by atoms with van der Waals surface area (Å²) in [6.07, 6.45) is 0. The number of para-hydroxylation sites is 2. The van der Waals surface area contributed by atoms with Gasteiger partial charge in [-0.15, -0.1) is 0 Å². The van der Waals surface area contributed by atoms with E-state index in [-0.39, 0.29) is 0 Å². The van der Waals surface area contributed by atoms with Crippen LogP contribution < -0.4 is 4.90 Å². The highest BCUT2D eigenvalue weighted by Gasteiger charge is 2.16. The Hall–Kier alpha value is -7.42. The lowest BCUT2D eigenvalue weighted by molar-refractivity contribution is 0.670. The molecule has 11 aromatic rings. The van der Waals surface area contributed by atoms with Gasteiger partial charge in [0.15, 0.2) is 0 Å². The molecule has 0 unspecified atom stereocenters. The summed E-state index contributed by atoms with van der Waals surface area (Å²) < 4.78 is 6.40. The number of hydrogen-bond donors (Lipinski definition) is 0. The lowest BCUT2D eigenvalue weighted by Gasteiger charge is -2.26. The maximum Gasteiger partial charge on any atom is 0.143 e. The van der Waals surface area contributed by atoms with Gasteiger partial charge in [0.25, 0.3) is 0 Å². The Morgan fingerprint density at radius 3 is 1.50 bits per heavy atom. The standard InChI is InChI=1S/C54H35NO/c1-2-9-36(10-3-1)37-19-27-43(28-20-37)55(45-31-23-40(24-32-45)47-14-8-15-51-50-13-6-7-16-53(50)56-54(47)51)44-29-21-38(22-30-44)42-18-17-41-26-33-48-46-12-5-4-11-39(46)25-34-49(48)52(41)35-42/h1-35H. The number of hydrogen-bond acceptors (Lipinski definition) is 2. The summed E-state index contributed by atoms with van der Waals surface area (Å²) in [5.74, 6) is 0. The Bertz CT molecular complexity index is 3210. The Morgan fingerprint density at radius 1 is 0.286 bits per heavy atom. The molecule has 0 amide bonds. The van der Waals surface area contributed by atoms with Crippen molar-refractivity contribution < 1.29 is 4.42 Å². The van der Waals surface area contributed by atoms with Crippen LogP contribution in [0.2, 0.25) is 0 Å². The third-order valence-corrected chi connectivity index (χ3v) is 11.3. The molecule has 2 heteroatoms. The molecule has 0 aliphatic carbocycles. The van der Waals surface area contributed by atoms with Crippen molar-refractivity contribution >= 4 is 71.3 Å². The average molecular weight is 714 g/mol. The van der Waals surface area contributed by atoms with Crippen LogP contribution in [-0.2, 0) is 0 Å². The first-order chi connectivity index (χ1) is 27.7. The molecule has 0 spiro atoms. The minimum Gasteiger partial charge on any atom is -0.455 e. The fraction of sp³-hybridized carbons (Fsp3) is 0. The zero-order valence-electron chi connectivity index (χ0n) is 30.6. The molecule has 0 saturated carbocycles. The van der Waals surface area contributed by atoms with Crippen molar-refractivity contribution in [3.05, 3.63) is 212 Å². The molecule has 0 fully saturated rings. The summed E-state index contributed by atoms with van der Waals surface area (Å²) in [7, 11) is 0. The fourth-order valence-corrected chi connectivity index (χ4v) is 8.45. The Kier molecular flexibility index (Phi) is 7.53. The van der Waals surface area contributed by atoms with E-state index in [1.807, 2.05) is 12.1 Å². The molecule has 1 heterocycles. The zero-order valence-corrected chi connectivity index (χ0v) is 30.6. The van der Waals surface area contributed by atoms with Crippen LogP contribution in [0.5, 0.6) is 0 Å². The van der Waals surface area contributed by atoms with Crippen molar-refractivity contribution in [3.63, 3.8) is 0 Å². The molecule has 10 aromatic carbocycles. The Labute approximate surface area is 325 Å². The van der Waals surface area contributed by atoms with Crippen molar-refractivity contribution in [1.82, 2.24) is 0 Å². The predicted octanol–water partition coefficient (Wildman–Crippen LogP) is 15.5. The smallest absolute Gasteiger partial charge is 0.143 e. The molecular formula is C54H35NO. The number of nitrogens with zero attached hydrogens (tertiary/aromatic N) is 1. The van der Waals surface area contributed by atoms with Crippen molar-refractivity contribution in [1.29, 1.82) is 0 Å². The van der Waals surface area contributed by atoms with Crippen molar-refractivity contribution in [2.75, 3.05) is 4.90 Å². The second kappa shape index (κ2) is 13.2. The van der Waals surface area contributed by atoms with E-state index in [0.717, 1.165) is 50.1 Å². The molecule has 0 saturated heterocycles. The average Bonchev–Trinajstić information content (AvgIpc) is 3.66. The SMILES string of the molecule is c1ccc(-c2ccc(N(c3ccc(-c4ccc5ccc6c7ccccc7ccc6c5c4)cc3)c3ccc(-c4cccc5c4oc4ccccc45)cc3)cc2)cc1.